The van der Waals surface area contributed by atoms with E-state index in [4.69, 9.17) is 5.73 Å². The molecule has 1 amide bonds. The predicted octanol–water partition coefficient (Wildman–Crippen LogP) is -1.50. The quantitative estimate of drug-likeness (QED) is 0.588. The lowest BCUT2D eigenvalue weighted by molar-refractivity contribution is -0.124. The molecular formula is C7H14N2O3S. The first-order valence-corrected chi connectivity index (χ1v) is 6.05. The molecule has 1 aliphatic rings. The van der Waals surface area contributed by atoms with Crippen molar-refractivity contribution in [3.8, 4) is 0 Å². The van der Waals surface area contributed by atoms with Gasteiger partial charge in [-0.05, 0) is 6.42 Å². The van der Waals surface area contributed by atoms with Crippen LogP contribution < -0.4 is 11.1 Å². The molecule has 1 atom stereocenters. The zero-order valence-electron chi connectivity index (χ0n) is 7.32. The fourth-order valence-electron chi connectivity index (χ4n) is 1.34. The zero-order chi connectivity index (χ0) is 9.90. The highest BCUT2D eigenvalue weighted by Gasteiger charge is 2.32. The number of amides is 1. The summed E-state index contributed by atoms with van der Waals surface area (Å²) in [6.07, 6.45) is 0.443. The van der Waals surface area contributed by atoms with E-state index < -0.39 is 9.84 Å². The lowest BCUT2D eigenvalue weighted by Crippen LogP contribution is -2.34. The highest BCUT2D eigenvalue weighted by Crippen LogP contribution is 2.17. The molecule has 1 heterocycles. The molecule has 6 heteroatoms. The first-order valence-electron chi connectivity index (χ1n) is 4.23. The number of carbonyl (C=O) groups is 1. The number of nitrogens with two attached hydrogens (primary N) is 1. The van der Waals surface area contributed by atoms with Gasteiger partial charge in [0.2, 0.25) is 5.91 Å². The maximum absolute atomic E-state index is 11.3. The van der Waals surface area contributed by atoms with E-state index in [1.807, 2.05) is 0 Å². The van der Waals surface area contributed by atoms with E-state index in [-0.39, 0.29) is 23.3 Å². The molecule has 1 aliphatic heterocycles. The zero-order valence-corrected chi connectivity index (χ0v) is 8.14. The van der Waals surface area contributed by atoms with Gasteiger partial charge in [-0.3, -0.25) is 4.79 Å². The van der Waals surface area contributed by atoms with Crippen LogP contribution >= 0.6 is 0 Å². The Balaban J connectivity index is 2.42. The molecule has 1 rings (SSSR count). The number of nitrogens with one attached hydrogen (secondary N) is 1. The van der Waals surface area contributed by atoms with Gasteiger partial charge in [0.05, 0.1) is 17.4 Å². The minimum Gasteiger partial charge on any atom is -0.355 e. The fourth-order valence-corrected chi connectivity index (χ4v) is 3.08. The van der Waals surface area contributed by atoms with Crippen molar-refractivity contribution >= 4 is 15.7 Å². The molecule has 0 bridgehead atoms. The Bertz CT molecular complexity index is 286. The van der Waals surface area contributed by atoms with Crippen LogP contribution in [-0.2, 0) is 14.6 Å². The monoisotopic (exact) mass is 206 g/mol. The van der Waals surface area contributed by atoms with Gasteiger partial charge in [0.25, 0.3) is 0 Å². The summed E-state index contributed by atoms with van der Waals surface area (Å²) in [7, 11) is -2.96. The van der Waals surface area contributed by atoms with Crippen LogP contribution in [0.3, 0.4) is 0 Å². The third-order valence-electron chi connectivity index (χ3n) is 2.05. The van der Waals surface area contributed by atoms with Gasteiger partial charge in [0.1, 0.15) is 0 Å². The normalized spacial score (nSPS) is 25.8. The summed E-state index contributed by atoms with van der Waals surface area (Å²) in [5, 5.41) is 2.58. The molecule has 1 unspecified atom stereocenters. The van der Waals surface area contributed by atoms with Crippen molar-refractivity contribution in [2.24, 2.45) is 11.7 Å². The van der Waals surface area contributed by atoms with Crippen molar-refractivity contribution in [1.82, 2.24) is 5.32 Å². The van der Waals surface area contributed by atoms with E-state index in [9.17, 15) is 13.2 Å². The smallest absolute Gasteiger partial charge is 0.224 e. The molecule has 0 aromatic rings. The number of hydrogen-bond donors (Lipinski definition) is 2. The second-order valence-electron chi connectivity index (χ2n) is 3.18. The number of sulfone groups is 1. The molecule has 5 nitrogen and oxygen atoms in total. The molecule has 0 radical (unpaired) electrons. The summed E-state index contributed by atoms with van der Waals surface area (Å²) in [5.41, 5.74) is 5.20. The third-order valence-corrected chi connectivity index (χ3v) is 3.81. The molecule has 0 saturated carbocycles. The Hall–Kier alpha value is -0.620. The SMILES string of the molecule is NCCNC(=O)C1CCS(=O)(=O)C1. The minimum absolute atomic E-state index is 0.0105. The van der Waals surface area contributed by atoms with Crippen LogP contribution in [-0.4, -0.2) is 38.9 Å². The predicted molar refractivity (Wildman–Crippen MR) is 48.8 cm³/mol. The van der Waals surface area contributed by atoms with Crippen molar-refractivity contribution in [2.45, 2.75) is 6.42 Å². The van der Waals surface area contributed by atoms with E-state index in [1.165, 1.54) is 0 Å². The minimum atomic E-state index is -2.96. The first-order chi connectivity index (χ1) is 6.05. The number of carbonyl (C=O) groups excluding carboxylic acids is 1. The van der Waals surface area contributed by atoms with Gasteiger partial charge in [-0.25, -0.2) is 8.42 Å². The Labute approximate surface area is 77.6 Å². The van der Waals surface area contributed by atoms with Crippen LogP contribution in [0.1, 0.15) is 6.42 Å². The van der Waals surface area contributed by atoms with Gasteiger partial charge in [0, 0.05) is 13.1 Å². The molecule has 0 aromatic carbocycles. The van der Waals surface area contributed by atoms with E-state index in [1.54, 1.807) is 0 Å². The second-order valence-corrected chi connectivity index (χ2v) is 5.41. The van der Waals surface area contributed by atoms with Crippen LogP contribution in [0.25, 0.3) is 0 Å². The van der Waals surface area contributed by atoms with Crippen molar-refractivity contribution in [3.63, 3.8) is 0 Å². The molecule has 1 fully saturated rings. The van der Waals surface area contributed by atoms with Gasteiger partial charge in [-0.15, -0.1) is 0 Å². The van der Waals surface area contributed by atoms with Crippen LogP contribution in [0, 0.1) is 5.92 Å². The Morgan fingerprint density at radius 3 is 2.69 bits per heavy atom. The van der Waals surface area contributed by atoms with E-state index in [2.05, 4.69) is 5.32 Å². The molecule has 1 saturated heterocycles. The van der Waals surface area contributed by atoms with E-state index in [0.717, 1.165) is 0 Å². The van der Waals surface area contributed by atoms with Crippen LogP contribution in [0.15, 0.2) is 0 Å². The van der Waals surface area contributed by atoms with E-state index in [0.29, 0.717) is 19.5 Å². The molecule has 0 aliphatic carbocycles. The largest absolute Gasteiger partial charge is 0.355 e. The summed E-state index contributed by atoms with van der Waals surface area (Å²) in [6, 6.07) is 0. The summed E-state index contributed by atoms with van der Waals surface area (Å²) in [6.45, 7) is 0.792. The lowest BCUT2D eigenvalue weighted by Gasteiger charge is -2.07. The summed E-state index contributed by atoms with van der Waals surface area (Å²) >= 11 is 0. The lowest BCUT2D eigenvalue weighted by atomic mass is 10.1. The third kappa shape index (κ3) is 2.96. The topological polar surface area (TPSA) is 89.3 Å². The van der Waals surface area contributed by atoms with Gasteiger partial charge >= 0.3 is 0 Å². The summed E-state index contributed by atoms with van der Waals surface area (Å²) < 4.78 is 22.0. The van der Waals surface area contributed by atoms with Gasteiger partial charge in [-0.2, -0.15) is 0 Å². The Morgan fingerprint density at radius 2 is 2.23 bits per heavy atom. The highest BCUT2D eigenvalue weighted by atomic mass is 32.2. The van der Waals surface area contributed by atoms with Gasteiger partial charge < -0.3 is 11.1 Å². The molecule has 13 heavy (non-hydrogen) atoms. The van der Waals surface area contributed by atoms with Crippen LogP contribution in [0.4, 0.5) is 0 Å². The number of rotatable bonds is 3. The highest BCUT2D eigenvalue weighted by molar-refractivity contribution is 7.91. The van der Waals surface area contributed by atoms with Crippen molar-refractivity contribution < 1.29 is 13.2 Å². The fraction of sp³-hybridized carbons (Fsp3) is 0.857. The molecule has 0 aromatic heterocycles. The second kappa shape index (κ2) is 4.06. The van der Waals surface area contributed by atoms with Crippen LogP contribution in [0.2, 0.25) is 0 Å². The van der Waals surface area contributed by atoms with E-state index >= 15 is 0 Å². The van der Waals surface area contributed by atoms with Crippen LogP contribution in [0.5, 0.6) is 0 Å². The molecule has 3 N–H and O–H groups in total. The van der Waals surface area contributed by atoms with Gasteiger partial charge in [-0.1, -0.05) is 0 Å². The summed E-state index contributed by atoms with van der Waals surface area (Å²) in [5.74, 6) is -0.431. The average Bonchev–Trinajstić information content (AvgIpc) is 2.42. The molecular weight excluding hydrogens is 192 g/mol. The van der Waals surface area contributed by atoms with Crippen molar-refractivity contribution in [2.75, 3.05) is 24.6 Å². The molecule has 0 spiro atoms. The number of hydrogen-bond acceptors (Lipinski definition) is 4. The molecule has 76 valence electrons. The Kier molecular flexibility index (Phi) is 3.27. The van der Waals surface area contributed by atoms with Crippen molar-refractivity contribution in [3.05, 3.63) is 0 Å². The maximum Gasteiger partial charge on any atom is 0.224 e. The maximum atomic E-state index is 11.3. The standard InChI is InChI=1S/C7H14N2O3S/c8-2-3-9-7(10)6-1-4-13(11,12)5-6/h6H,1-5,8H2,(H,9,10). The first kappa shape index (κ1) is 10.5. The van der Waals surface area contributed by atoms with Gasteiger partial charge in [0.15, 0.2) is 9.84 Å². The average molecular weight is 206 g/mol. The van der Waals surface area contributed by atoms with Crippen molar-refractivity contribution in [1.29, 1.82) is 0 Å². The Morgan fingerprint density at radius 1 is 1.54 bits per heavy atom. The summed E-state index contributed by atoms with van der Waals surface area (Å²) in [4.78, 5) is 11.3.